The van der Waals surface area contributed by atoms with Crippen LogP contribution < -0.4 is 0 Å². The molecule has 39 heavy (non-hydrogen) atoms. The molecule has 0 saturated heterocycles. The van der Waals surface area contributed by atoms with E-state index in [1.165, 1.54) is 17.7 Å². The fourth-order valence-corrected chi connectivity index (χ4v) is 9.23. The summed E-state index contributed by atoms with van der Waals surface area (Å²) in [5.41, 5.74) is 1.76. The van der Waals surface area contributed by atoms with E-state index in [0.29, 0.717) is 12.8 Å². The quantitative estimate of drug-likeness (QED) is 0.381. The lowest BCUT2D eigenvalue weighted by Gasteiger charge is -2.60. The van der Waals surface area contributed by atoms with Gasteiger partial charge in [-0.2, -0.15) is 5.10 Å². The Labute approximate surface area is 233 Å². The van der Waals surface area contributed by atoms with E-state index in [9.17, 15) is 19.1 Å². The summed E-state index contributed by atoms with van der Waals surface area (Å²) in [5.74, 6) is -0.0371. The molecule has 1 aromatic carbocycles. The van der Waals surface area contributed by atoms with E-state index in [4.69, 9.17) is 9.47 Å². The highest BCUT2D eigenvalue weighted by molar-refractivity contribution is 7.96. The molecule has 0 radical (unpaired) electrons. The molecule has 4 aliphatic rings. The number of thiol groups is 1. The third-order valence-corrected chi connectivity index (χ3v) is 10.8. The van der Waals surface area contributed by atoms with Gasteiger partial charge in [0.25, 0.3) is 0 Å². The van der Waals surface area contributed by atoms with Crippen molar-refractivity contribution in [2.45, 2.75) is 71.0 Å². The normalized spacial score (nSPS) is 36.6. The molecule has 3 fully saturated rings. The van der Waals surface area contributed by atoms with Gasteiger partial charge < -0.3 is 14.6 Å². The van der Waals surface area contributed by atoms with Crippen molar-refractivity contribution in [1.82, 2.24) is 9.78 Å². The average Bonchev–Trinajstić information content (AvgIpc) is 3.41. The zero-order valence-corrected chi connectivity index (χ0v) is 23.4. The first-order chi connectivity index (χ1) is 18.5. The monoisotopic (exact) mass is 554 g/mol. The molecular formula is C30H35FN2O5S. The molecule has 0 spiro atoms. The molecule has 0 unspecified atom stereocenters. The maximum absolute atomic E-state index is 13.5. The Balaban J connectivity index is 1.34. The minimum atomic E-state index is -1.42. The van der Waals surface area contributed by atoms with Gasteiger partial charge in [-0.1, -0.05) is 19.4 Å². The van der Waals surface area contributed by atoms with Crippen molar-refractivity contribution in [3.05, 3.63) is 53.1 Å². The molecule has 1 heterocycles. The number of hydrogen-bond acceptors (Lipinski definition) is 6. The van der Waals surface area contributed by atoms with Crippen molar-refractivity contribution in [3.63, 3.8) is 0 Å². The van der Waals surface area contributed by atoms with Crippen LogP contribution in [0.3, 0.4) is 0 Å². The maximum atomic E-state index is 13.5. The molecule has 1 N–H and O–H groups in total. The lowest BCUT2D eigenvalue weighted by molar-refractivity contribution is -0.178. The van der Waals surface area contributed by atoms with E-state index in [1.54, 1.807) is 19.1 Å². The number of hydrogen-bond donors (Lipinski definition) is 2. The summed E-state index contributed by atoms with van der Waals surface area (Å²) >= 11 is 4.21. The molecule has 9 heteroatoms. The first kappa shape index (κ1) is 26.6. The van der Waals surface area contributed by atoms with Gasteiger partial charge in [0.1, 0.15) is 5.82 Å². The zero-order chi connectivity index (χ0) is 27.7. The van der Waals surface area contributed by atoms with Crippen molar-refractivity contribution < 1.29 is 28.6 Å². The van der Waals surface area contributed by atoms with Crippen molar-refractivity contribution in [1.29, 1.82) is 0 Å². The number of ether oxygens (including phenoxy) is 2. The Morgan fingerprint density at radius 2 is 1.97 bits per heavy atom. The maximum Gasteiger partial charge on any atom is 0.509 e. The van der Waals surface area contributed by atoms with Gasteiger partial charge in [0.2, 0.25) is 5.12 Å². The van der Waals surface area contributed by atoms with Crippen LogP contribution in [0, 0.1) is 34.4 Å². The number of benzene rings is 1. The fraction of sp³-hybridized carbons (Fsp3) is 0.567. The predicted molar refractivity (Wildman–Crippen MR) is 146 cm³/mol. The van der Waals surface area contributed by atoms with Gasteiger partial charge in [0, 0.05) is 5.41 Å². The van der Waals surface area contributed by atoms with Crippen LogP contribution in [0.15, 0.2) is 36.0 Å². The van der Waals surface area contributed by atoms with Gasteiger partial charge in [-0.25, -0.2) is 13.9 Å². The van der Waals surface area contributed by atoms with Gasteiger partial charge in [0.05, 0.1) is 30.3 Å². The van der Waals surface area contributed by atoms with E-state index in [-0.39, 0.29) is 35.6 Å². The molecule has 7 atom stereocenters. The molecule has 7 nitrogen and oxygen atoms in total. The summed E-state index contributed by atoms with van der Waals surface area (Å²) < 4.78 is 26.2. The highest BCUT2D eigenvalue weighted by Gasteiger charge is 2.70. The number of halogens is 1. The number of carbonyl (C=O) groups excluding carboxylic acids is 2. The third-order valence-electron chi connectivity index (χ3n) is 10.5. The van der Waals surface area contributed by atoms with Crippen LogP contribution in [0.5, 0.6) is 0 Å². The number of carbonyl (C=O) groups is 2. The van der Waals surface area contributed by atoms with Crippen molar-refractivity contribution in [2.75, 3.05) is 6.61 Å². The molecule has 208 valence electrons. The number of aromatic nitrogens is 2. The van der Waals surface area contributed by atoms with E-state index in [1.807, 2.05) is 17.8 Å². The number of rotatable bonds is 4. The topological polar surface area (TPSA) is 90.7 Å². The number of fused-ring (bicyclic) bond motifs is 6. The Bertz CT molecular complexity index is 1360. The minimum absolute atomic E-state index is 0.00805. The molecule has 0 aliphatic heterocycles. The van der Waals surface area contributed by atoms with Gasteiger partial charge in [-0.3, -0.25) is 4.79 Å². The number of nitrogens with zero attached hydrogens (tertiary/aromatic N) is 2. The summed E-state index contributed by atoms with van der Waals surface area (Å²) in [7, 11) is 0. The zero-order valence-electron chi connectivity index (χ0n) is 22.5. The highest BCUT2D eigenvalue weighted by atomic mass is 32.1. The van der Waals surface area contributed by atoms with Crippen LogP contribution >= 0.6 is 12.6 Å². The lowest BCUT2D eigenvalue weighted by Crippen LogP contribution is -2.62. The molecule has 3 saturated carbocycles. The number of aliphatic hydroxyl groups excluding tert-OH is 1. The van der Waals surface area contributed by atoms with Crippen LogP contribution in [-0.4, -0.2) is 44.5 Å². The predicted octanol–water partition coefficient (Wildman–Crippen LogP) is 5.53. The molecular weight excluding hydrogens is 519 g/mol. The lowest BCUT2D eigenvalue weighted by atomic mass is 9.45. The van der Waals surface area contributed by atoms with Gasteiger partial charge in [-0.15, -0.1) is 12.6 Å². The van der Waals surface area contributed by atoms with Gasteiger partial charge >= 0.3 is 6.16 Å². The second-order valence-electron chi connectivity index (χ2n) is 12.2. The highest BCUT2D eigenvalue weighted by Crippen LogP contribution is 2.68. The first-order valence-corrected chi connectivity index (χ1v) is 14.3. The first-order valence-electron chi connectivity index (χ1n) is 13.8. The smallest absolute Gasteiger partial charge is 0.435 e. The van der Waals surface area contributed by atoms with Crippen molar-refractivity contribution >= 4 is 30.0 Å². The average molecular weight is 555 g/mol. The SMILES string of the molecule is CCOC(=O)O[C@]1(C(=O)S)CC[C@H]2[C@@H]3CCC4=Cc5c(cnn5-c5ccc(F)cc5)C[C@]4(C)[C@H]3[C@@H](O)C[C@@]21C. The minimum Gasteiger partial charge on any atom is -0.435 e. The summed E-state index contributed by atoms with van der Waals surface area (Å²) in [4.78, 5) is 25.5. The van der Waals surface area contributed by atoms with E-state index < -0.39 is 28.4 Å². The number of allylic oxidation sites excluding steroid dienone is 1. The summed E-state index contributed by atoms with van der Waals surface area (Å²) in [6, 6.07) is 6.33. The molecule has 0 bridgehead atoms. The van der Waals surface area contributed by atoms with Crippen LogP contribution in [0.1, 0.15) is 64.1 Å². The second kappa shape index (κ2) is 9.20. The summed E-state index contributed by atoms with van der Waals surface area (Å²) in [5, 5.41) is 16.0. The fourth-order valence-electron chi connectivity index (χ4n) is 8.81. The Kier molecular flexibility index (Phi) is 6.26. The Morgan fingerprint density at radius 1 is 1.23 bits per heavy atom. The largest absolute Gasteiger partial charge is 0.509 e. The summed E-state index contributed by atoms with van der Waals surface area (Å²) in [6.07, 6.45) is 6.47. The van der Waals surface area contributed by atoms with Gasteiger partial charge in [0.15, 0.2) is 5.60 Å². The second-order valence-corrected chi connectivity index (χ2v) is 12.6. The van der Waals surface area contributed by atoms with Crippen LogP contribution in [0.25, 0.3) is 11.8 Å². The Hall–Kier alpha value is -2.65. The molecule has 2 aromatic rings. The van der Waals surface area contributed by atoms with E-state index in [2.05, 4.69) is 30.7 Å². The van der Waals surface area contributed by atoms with Gasteiger partial charge in [-0.05, 0) is 105 Å². The van der Waals surface area contributed by atoms with Crippen molar-refractivity contribution in [3.8, 4) is 5.69 Å². The van der Waals surface area contributed by atoms with Crippen molar-refractivity contribution in [2.24, 2.45) is 28.6 Å². The standard InChI is InChI=1S/C30H35FN2O5S/c1-4-37-27(36)38-30(26(35)39)12-11-22-21-10-5-18-13-23-17(16-32-33(23)20-8-6-19(31)7-9-20)14-28(18,2)25(21)24(34)15-29(22,30)3/h6-9,13,16,21-22,24-25,34H,4-5,10-12,14-15H2,1-3H3,(H,35,39)/t21-,22-,24-,25+,28-,29-,30-/m0/s1. The van der Waals surface area contributed by atoms with E-state index >= 15 is 0 Å². The molecule has 0 amide bonds. The van der Waals surface area contributed by atoms with Crippen LogP contribution in [0.4, 0.5) is 9.18 Å². The number of aliphatic hydroxyl groups is 1. The Morgan fingerprint density at radius 3 is 2.67 bits per heavy atom. The molecule has 1 aromatic heterocycles. The van der Waals surface area contributed by atoms with Crippen LogP contribution in [0.2, 0.25) is 0 Å². The molecule has 4 aliphatic carbocycles. The van der Waals surface area contributed by atoms with Crippen LogP contribution in [-0.2, 0) is 20.7 Å². The summed E-state index contributed by atoms with van der Waals surface area (Å²) in [6.45, 7) is 6.07. The van der Waals surface area contributed by atoms with E-state index in [0.717, 1.165) is 42.6 Å². The molecule has 6 rings (SSSR count). The third kappa shape index (κ3) is 3.75.